The summed E-state index contributed by atoms with van der Waals surface area (Å²) in [4.78, 5) is 11.4. The van der Waals surface area contributed by atoms with Crippen molar-refractivity contribution in [3.8, 4) is 0 Å². The number of carbonyl (C=O) groups is 1. The van der Waals surface area contributed by atoms with Gasteiger partial charge in [0.15, 0.2) is 0 Å². The smallest absolute Gasteiger partial charge is 0.307 e. The molecule has 17 heavy (non-hydrogen) atoms. The van der Waals surface area contributed by atoms with Gasteiger partial charge in [-0.25, -0.2) is 4.39 Å². The van der Waals surface area contributed by atoms with E-state index in [1.54, 1.807) is 18.2 Å². The highest BCUT2D eigenvalue weighted by molar-refractivity contribution is 5.70. The lowest BCUT2D eigenvalue weighted by atomic mass is 10.1. The second kappa shape index (κ2) is 7.01. The molecular weight excluding hydrogens is 221 g/mol. The number of benzene rings is 1. The molecule has 0 spiro atoms. The standard InChI is InChI=1S/C13H18FNO2/c1-2-5-11(15)8-13(16)17-9-10-6-3-4-7-12(10)14/h3-4,6-7,11H,2,5,8-9,15H2,1H3. The van der Waals surface area contributed by atoms with Gasteiger partial charge < -0.3 is 10.5 Å². The van der Waals surface area contributed by atoms with E-state index in [-0.39, 0.29) is 30.9 Å². The first kappa shape index (κ1) is 13.6. The lowest BCUT2D eigenvalue weighted by Crippen LogP contribution is -2.24. The van der Waals surface area contributed by atoms with E-state index in [1.165, 1.54) is 6.07 Å². The van der Waals surface area contributed by atoms with E-state index < -0.39 is 0 Å². The van der Waals surface area contributed by atoms with Crippen molar-refractivity contribution in [2.24, 2.45) is 5.73 Å². The van der Waals surface area contributed by atoms with Crippen molar-refractivity contribution in [1.82, 2.24) is 0 Å². The van der Waals surface area contributed by atoms with Crippen molar-refractivity contribution < 1.29 is 13.9 Å². The topological polar surface area (TPSA) is 52.3 Å². The predicted molar refractivity (Wildman–Crippen MR) is 63.7 cm³/mol. The highest BCUT2D eigenvalue weighted by atomic mass is 19.1. The molecule has 3 nitrogen and oxygen atoms in total. The minimum absolute atomic E-state index is 0.0373. The van der Waals surface area contributed by atoms with Crippen LogP contribution in [0.3, 0.4) is 0 Å². The number of ether oxygens (including phenoxy) is 1. The third-order valence-electron chi connectivity index (χ3n) is 2.43. The second-order valence-corrected chi connectivity index (χ2v) is 4.00. The monoisotopic (exact) mass is 239 g/mol. The summed E-state index contributed by atoms with van der Waals surface area (Å²) in [5.41, 5.74) is 6.09. The van der Waals surface area contributed by atoms with Gasteiger partial charge in [0, 0.05) is 11.6 Å². The molecule has 0 aliphatic heterocycles. The molecule has 0 heterocycles. The van der Waals surface area contributed by atoms with Crippen molar-refractivity contribution in [3.63, 3.8) is 0 Å². The maximum atomic E-state index is 13.2. The van der Waals surface area contributed by atoms with Gasteiger partial charge in [0.25, 0.3) is 0 Å². The molecule has 94 valence electrons. The minimum atomic E-state index is -0.380. The molecule has 4 heteroatoms. The fourth-order valence-corrected chi connectivity index (χ4v) is 1.52. The molecule has 0 aromatic heterocycles. The zero-order valence-electron chi connectivity index (χ0n) is 9.99. The zero-order chi connectivity index (χ0) is 12.7. The van der Waals surface area contributed by atoms with E-state index in [0.717, 1.165) is 12.8 Å². The van der Waals surface area contributed by atoms with E-state index in [1.807, 2.05) is 6.92 Å². The third kappa shape index (κ3) is 4.95. The van der Waals surface area contributed by atoms with Gasteiger partial charge in [0.05, 0.1) is 6.42 Å². The van der Waals surface area contributed by atoms with Crippen LogP contribution in [-0.2, 0) is 16.1 Å². The van der Waals surface area contributed by atoms with Crippen molar-refractivity contribution in [2.75, 3.05) is 0 Å². The average Bonchev–Trinajstić information content (AvgIpc) is 2.28. The van der Waals surface area contributed by atoms with Gasteiger partial charge in [-0.05, 0) is 12.5 Å². The molecule has 0 aliphatic rings. The summed E-state index contributed by atoms with van der Waals surface area (Å²) in [5.74, 6) is -0.743. The fourth-order valence-electron chi connectivity index (χ4n) is 1.52. The Kier molecular flexibility index (Phi) is 5.63. The number of halogens is 1. The summed E-state index contributed by atoms with van der Waals surface area (Å²) >= 11 is 0. The summed E-state index contributed by atoms with van der Waals surface area (Å²) in [5, 5.41) is 0. The molecule has 1 atom stereocenters. The zero-order valence-corrected chi connectivity index (χ0v) is 9.99. The van der Waals surface area contributed by atoms with Crippen LogP contribution in [0, 0.1) is 5.82 Å². The van der Waals surface area contributed by atoms with Crippen molar-refractivity contribution in [3.05, 3.63) is 35.6 Å². The van der Waals surface area contributed by atoms with E-state index in [0.29, 0.717) is 5.56 Å². The van der Waals surface area contributed by atoms with Crippen LogP contribution in [0.15, 0.2) is 24.3 Å². The quantitative estimate of drug-likeness (QED) is 0.775. The van der Waals surface area contributed by atoms with E-state index in [4.69, 9.17) is 10.5 Å². The number of hydrogen-bond acceptors (Lipinski definition) is 3. The first-order valence-electron chi connectivity index (χ1n) is 5.78. The SMILES string of the molecule is CCCC(N)CC(=O)OCc1ccccc1F. The summed E-state index contributed by atoms with van der Waals surface area (Å²) in [6.45, 7) is 1.97. The van der Waals surface area contributed by atoms with Gasteiger partial charge in [-0.2, -0.15) is 0 Å². The second-order valence-electron chi connectivity index (χ2n) is 4.00. The molecule has 0 fully saturated rings. The molecule has 0 amide bonds. The number of nitrogens with two attached hydrogens (primary N) is 1. The maximum Gasteiger partial charge on any atom is 0.307 e. The van der Waals surface area contributed by atoms with Gasteiger partial charge in [-0.15, -0.1) is 0 Å². The number of rotatable bonds is 6. The van der Waals surface area contributed by atoms with Crippen LogP contribution in [-0.4, -0.2) is 12.0 Å². The van der Waals surface area contributed by atoms with E-state index in [2.05, 4.69) is 0 Å². The summed E-state index contributed by atoms with van der Waals surface area (Å²) in [6.07, 6.45) is 1.90. The number of esters is 1. The Morgan fingerprint density at radius 3 is 2.82 bits per heavy atom. The third-order valence-corrected chi connectivity index (χ3v) is 2.43. The predicted octanol–water partition coefficient (Wildman–Crippen LogP) is 2.39. The molecule has 1 unspecified atom stereocenters. The lowest BCUT2D eigenvalue weighted by Gasteiger charge is -2.10. The Labute approximate surface area is 101 Å². The van der Waals surface area contributed by atoms with Gasteiger partial charge in [-0.3, -0.25) is 4.79 Å². The first-order valence-corrected chi connectivity index (χ1v) is 5.78. The molecule has 1 aromatic carbocycles. The Hall–Kier alpha value is -1.42. The van der Waals surface area contributed by atoms with Crippen molar-refractivity contribution in [1.29, 1.82) is 0 Å². The normalized spacial score (nSPS) is 12.2. The number of hydrogen-bond donors (Lipinski definition) is 1. The molecule has 0 bridgehead atoms. The Morgan fingerprint density at radius 2 is 2.18 bits per heavy atom. The van der Waals surface area contributed by atoms with Gasteiger partial charge in [0.1, 0.15) is 12.4 Å². The Balaban J connectivity index is 2.36. The fraction of sp³-hybridized carbons (Fsp3) is 0.462. The van der Waals surface area contributed by atoms with Crippen LogP contribution >= 0.6 is 0 Å². The summed E-state index contributed by atoms with van der Waals surface area (Å²) in [6, 6.07) is 6.06. The molecule has 1 rings (SSSR count). The average molecular weight is 239 g/mol. The Morgan fingerprint density at radius 1 is 1.47 bits per heavy atom. The van der Waals surface area contributed by atoms with Crippen molar-refractivity contribution >= 4 is 5.97 Å². The summed E-state index contributed by atoms with van der Waals surface area (Å²) in [7, 11) is 0. The molecule has 1 aromatic rings. The van der Waals surface area contributed by atoms with Crippen molar-refractivity contribution in [2.45, 2.75) is 38.8 Å². The van der Waals surface area contributed by atoms with Crippen LogP contribution in [0.5, 0.6) is 0 Å². The molecule has 0 saturated carbocycles. The highest BCUT2D eigenvalue weighted by Crippen LogP contribution is 2.09. The largest absolute Gasteiger partial charge is 0.461 e. The van der Waals surface area contributed by atoms with Crippen LogP contribution in [0.4, 0.5) is 4.39 Å². The molecular formula is C13H18FNO2. The van der Waals surface area contributed by atoms with Gasteiger partial charge >= 0.3 is 5.97 Å². The summed E-state index contributed by atoms with van der Waals surface area (Å²) < 4.78 is 18.2. The maximum absolute atomic E-state index is 13.2. The van der Waals surface area contributed by atoms with Crippen LogP contribution < -0.4 is 5.73 Å². The highest BCUT2D eigenvalue weighted by Gasteiger charge is 2.10. The molecule has 2 N–H and O–H groups in total. The first-order chi connectivity index (χ1) is 8.13. The van der Waals surface area contributed by atoms with Gasteiger partial charge in [0.2, 0.25) is 0 Å². The van der Waals surface area contributed by atoms with Crippen LogP contribution in [0.1, 0.15) is 31.7 Å². The van der Waals surface area contributed by atoms with E-state index in [9.17, 15) is 9.18 Å². The van der Waals surface area contributed by atoms with Crippen LogP contribution in [0.2, 0.25) is 0 Å². The minimum Gasteiger partial charge on any atom is -0.461 e. The Bertz CT molecular complexity index is 368. The number of carbonyl (C=O) groups excluding carboxylic acids is 1. The molecule has 0 radical (unpaired) electrons. The lowest BCUT2D eigenvalue weighted by molar-refractivity contribution is -0.145. The molecule has 0 aliphatic carbocycles. The van der Waals surface area contributed by atoms with Gasteiger partial charge in [-0.1, -0.05) is 31.5 Å². The van der Waals surface area contributed by atoms with E-state index >= 15 is 0 Å². The van der Waals surface area contributed by atoms with Crippen LogP contribution in [0.25, 0.3) is 0 Å². The molecule has 0 saturated heterocycles.